The van der Waals surface area contributed by atoms with Crippen LogP contribution in [0.25, 0.3) is 5.82 Å². The molecule has 0 saturated carbocycles. The lowest BCUT2D eigenvalue weighted by atomic mass is 10.1. The van der Waals surface area contributed by atoms with Crippen LogP contribution in [0.15, 0.2) is 67.4 Å². The van der Waals surface area contributed by atoms with Crippen LogP contribution in [0.4, 0.5) is 0 Å². The molecule has 5 heteroatoms. The van der Waals surface area contributed by atoms with Crippen molar-refractivity contribution in [1.29, 1.82) is 0 Å². The molecule has 3 aromatic rings. The summed E-state index contributed by atoms with van der Waals surface area (Å²) in [7, 11) is 0. The Morgan fingerprint density at radius 3 is 2.69 bits per heavy atom. The second-order valence-corrected chi connectivity index (χ2v) is 7.14. The molecule has 1 saturated heterocycles. The molecule has 1 N–H and O–H groups in total. The standard InChI is InChI=1S/C21H25N5/c1-17-13-25(14-18-5-3-2-4-6-18)15-20(17)23-11-19-7-8-21(24-12-19)26-10-9-22-16-26/h2-10,12,16-17,20,23H,11,13-15H2,1H3/t17-,20+/m0/s1. The van der Waals surface area contributed by atoms with E-state index in [-0.39, 0.29) is 0 Å². The molecule has 134 valence electrons. The third kappa shape index (κ3) is 4.00. The Bertz CT molecular complexity index is 798. The molecule has 2 aromatic heterocycles. The van der Waals surface area contributed by atoms with Crippen molar-refractivity contribution in [2.75, 3.05) is 13.1 Å². The van der Waals surface area contributed by atoms with Crippen molar-refractivity contribution < 1.29 is 0 Å². The van der Waals surface area contributed by atoms with Gasteiger partial charge in [-0.05, 0) is 23.1 Å². The van der Waals surface area contributed by atoms with E-state index in [2.05, 4.69) is 63.5 Å². The van der Waals surface area contributed by atoms with Gasteiger partial charge in [-0.3, -0.25) is 9.47 Å². The quantitative estimate of drug-likeness (QED) is 0.745. The van der Waals surface area contributed by atoms with E-state index >= 15 is 0 Å². The van der Waals surface area contributed by atoms with E-state index < -0.39 is 0 Å². The average Bonchev–Trinajstić information content (AvgIpc) is 3.31. The normalized spacial score (nSPS) is 20.5. The molecule has 26 heavy (non-hydrogen) atoms. The number of nitrogens with zero attached hydrogens (tertiary/aromatic N) is 4. The van der Waals surface area contributed by atoms with Crippen LogP contribution in [0.1, 0.15) is 18.1 Å². The number of aromatic nitrogens is 3. The third-order valence-corrected chi connectivity index (χ3v) is 5.08. The van der Waals surface area contributed by atoms with Crippen molar-refractivity contribution in [3.63, 3.8) is 0 Å². The summed E-state index contributed by atoms with van der Waals surface area (Å²) in [5, 5.41) is 3.72. The summed E-state index contributed by atoms with van der Waals surface area (Å²) in [4.78, 5) is 11.1. The highest BCUT2D eigenvalue weighted by molar-refractivity contribution is 5.25. The molecule has 4 rings (SSSR count). The van der Waals surface area contributed by atoms with Gasteiger partial charge in [0.25, 0.3) is 0 Å². The summed E-state index contributed by atoms with van der Waals surface area (Å²) in [5.74, 6) is 1.55. The number of nitrogens with one attached hydrogen (secondary N) is 1. The SMILES string of the molecule is C[C@H]1CN(Cc2ccccc2)C[C@H]1NCc1ccc(-n2ccnc2)nc1. The lowest BCUT2D eigenvalue weighted by Crippen LogP contribution is -2.35. The van der Waals surface area contributed by atoms with Crippen LogP contribution in [0, 0.1) is 5.92 Å². The average molecular weight is 347 g/mol. The third-order valence-electron chi connectivity index (χ3n) is 5.08. The molecule has 0 amide bonds. The fraction of sp³-hybridized carbons (Fsp3) is 0.333. The number of pyridine rings is 1. The van der Waals surface area contributed by atoms with Crippen molar-refractivity contribution in [3.05, 3.63) is 78.5 Å². The second-order valence-electron chi connectivity index (χ2n) is 7.14. The summed E-state index contributed by atoms with van der Waals surface area (Å²) in [6, 6.07) is 15.4. The first-order chi connectivity index (χ1) is 12.8. The van der Waals surface area contributed by atoms with E-state index in [9.17, 15) is 0 Å². The molecular weight excluding hydrogens is 322 g/mol. The highest BCUT2D eigenvalue weighted by Crippen LogP contribution is 2.19. The van der Waals surface area contributed by atoms with Gasteiger partial charge in [-0.15, -0.1) is 0 Å². The fourth-order valence-corrected chi connectivity index (χ4v) is 3.62. The largest absolute Gasteiger partial charge is 0.308 e. The number of hydrogen-bond acceptors (Lipinski definition) is 4. The summed E-state index contributed by atoms with van der Waals surface area (Å²) < 4.78 is 1.91. The van der Waals surface area contributed by atoms with Gasteiger partial charge in [0.15, 0.2) is 0 Å². The lowest BCUT2D eigenvalue weighted by molar-refractivity contribution is 0.316. The van der Waals surface area contributed by atoms with E-state index in [1.807, 2.05) is 23.0 Å². The zero-order valence-electron chi connectivity index (χ0n) is 15.1. The highest BCUT2D eigenvalue weighted by atomic mass is 15.2. The zero-order chi connectivity index (χ0) is 17.8. The first-order valence-electron chi connectivity index (χ1n) is 9.21. The van der Waals surface area contributed by atoms with Gasteiger partial charge < -0.3 is 5.32 Å². The molecule has 1 aromatic carbocycles. The summed E-state index contributed by atoms with van der Waals surface area (Å²) in [6.07, 6.45) is 7.38. The minimum absolute atomic E-state index is 0.520. The van der Waals surface area contributed by atoms with E-state index in [0.717, 1.165) is 32.0 Å². The second kappa shape index (κ2) is 7.81. The Kier molecular flexibility index (Phi) is 5.09. The molecule has 0 spiro atoms. The van der Waals surface area contributed by atoms with Crippen LogP contribution in [0.3, 0.4) is 0 Å². The van der Waals surface area contributed by atoms with Gasteiger partial charge in [-0.25, -0.2) is 9.97 Å². The van der Waals surface area contributed by atoms with Crippen molar-refractivity contribution in [1.82, 2.24) is 24.8 Å². The van der Waals surface area contributed by atoms with Crippen molar-refractivity contribution >= 4 is 0 Å². The van der Waals surface area contributed by atoms with Crippen LogP contribution >= 0.6 is 0 Å². The van der Waals surface area contributed by atoms with Gasteiger partial charge in [-0.2, -0.15) is 0 Å². The van der Waals surface area contributed by atoms with Gasteiger partial charge in [0, 0.05) is 50.8 Å². The molecule has 5 nitrogen and oxygen atoms in total. The molecule has 0 radical (unpaired) electrons. The molecule has 3 heterocycles. The first kappa shape index (κ1) is 16.9. The fourth-order valence-electron chi connectivity index (χ4n) is 3.62. The lowest BCUT2D eigenvalue weighted by Gasteiger charge is -2.17. The Hall–Kier alpha value is -2.50. The van der Waals surface area contributed by atoms with Gasteiger partial charge in [0.2, 0.25) is 0 Å². The Labute approximate surface area is 154 Å². The number of imidazole rings is 1. The molecular formula is C21H25N5. The van der Waals surface area contributed by atoms with Crippen molar-refractivity contribution in [2.24, 2.45) is 5.92 Å². The Balaban J connectivity index is 1.30. The van der Waals surface area contributed by atoms with Gasteiger partial charge in [0.1, 0.15) is 12.1 Å². The first-order valence-corrected chi connectivity index (χ1v) is 9.21. The molecule has 0 aliphatic carbocycles. The summed E-state index contributed by atoms with van der Waals surface area (Å²) in [6.45, 7) is 6.46. The minimum Gasteiger partial charge on any atom is -0.308 e. The maximum absolute atomic E-state index is 4.53. The van der Waals surface area contributed by atoms with Crippen LogP contribution in [-0.2, 0) is 13.1 Å². The molecule has 0 unspecified atom stereocenters. The van der Waals surface area contributed by atoms with Gasteiger partial charge >= 0.3 is 0 Å². The predicted molar refractivity (Wildman–Crippen MR) is 103 cm³/mol. The van der Waals surface area contributed by atoms with Crippen LogP contribution in [0.5, 0.6) is 0 Å². The monoisotopic (exact) mass is 347 g/mol. The van der Waals surface area contributed by atoms with Gasteiger partial charge in [-0.1, -0.05) is 43.3 Å². The molecule has 1 aliphatic heterocycles. The maximum atomic E-state index is 4.53. The Morgan fingerprint density at radius 1 is 1.08 bits per heavy atom. The number of benzene rings is 1. The number of rotatable bonds is 6. The van der Waals surface area contributed by atoms with E-state index in [1.165, 1.54) is 11.1 Å². The van der Waals surface area contributed by atoms with E-state index in [1.54, 1.807) is 12.5 Å². The van der Waals surface area contributed by atoms with Crippen molar-refractivity contribution in [2.45, 2.75) is 26.1 Å². The number of likely N-dealkylation sites (tertiary alicyclic amines) is 1. The van der Waals surface area contributed by atoms with Crippen molar-refractivity contribution in [3.8, 4) is 5.82 Å². The van der Waals surface area contributed by atoms with Crippen LogP contribution in [0.2, 0.25) is 0 Å². The molecule has 1 fully saturated rings. The molecule has 0 bridgehead atoms. The summed E-state index contributed by atoms with van der Waals surface area (Å²) >= 11 is 0. The topological polar surface area (TPSA) is 46.0 Å². The van der Waals surface area contributed by atoms with E-state index in [0.29, 0.717) is 12.0 Å². The maximum Gasteiger partial charge on any atom is 0.137 e. The van der Waals surface area contributed by atoms with Gasteiger partial charge in [0.05, 0.1) is 0 Å². The smallest absolute Gasteiger partial charge is 0.137 e. The van der Waals surface area contributed by atoms with Crippen LogP contribution in [-0.4, -0.2) is 38.6 Å². The molecule has 2 atom stereocenters. The van der Waals surface area contributed by atoms with E-state index in [4.69, 9.17) is 0 Å². The zero-order valence-corrected chi connectivity index (χ0v) is 15.1. The molecule has 1 aliphatic rings. The summed E-state index contributed by atoms with van der Waals surface area (Å²) in [5.41, 5.74) is 2.60. The highest BCUT2D eigenvalue weighted by Gasteiger charge is 2.28. The predicted octanol–water partition coefficient (Wildman–Crippen LogP) is 2.88. The van der Waals surface area contributed by atoms with Crippen LogP contribution < -0.4 is 5.32 Å². The minimum atomic E-state index is 0.520. The Morgan fingerprint density at radius 2 is 1.96 bits per heavy atom. The number of hydrogen-bond donors (Lipinski definition) is 1.